The maximum atomic E-state index is 12.3. The summed E-state index contributed by atoms with van der Waals surface area (Å²) in [7, 11) is 0. The first-order valence-electron chi connectivity index (χ1n) is 8.17. The van der Waals surface area contributed by atoms with Gasteiger partial charge in [0.05, 0.1) is 17.1 Å². The Kier molecular flexibility index (Phi) is 6.84. The van der Waals surface area contributed by atoms with E-state index in [9.17, 15) is 19.7 Å². The zero-order valence-electron chi connectivity index (χ0n) is 14.3. The van der Waals surface area contributed by atoms with Crippen molar-refractivity contribution in [3.05, 3.63) is 75.8 Å². The molecule has 2 aromatic carbocycles. The number of nitrogens with zero attached hydrogens (tertiary/aromatic N) is 1. The summed E-state index contributed by atoms with van der Waals surface area (Å²) < 4.78 is 10.3. The lowest BCUT2D eigenvalue weighted by molar-refractivity contribution is -0.384. The largest absolute Gasteiger partial charge is 0.463 e. The second kappa shape index (κ2) is 9.31. The van der Waals surface area contributed by atoms with Crippen molar-refractivity contribution in [3.8, 4) is 0 Å². The zero-order chi connectivity index (χ0) is 18.9. The molecule has 0 aliphatic heterocycles. The number of carbonyl (C=O) groups is 2. The Balaban J connectivity index is 2.05. The molecule has 0 saturated carbocycles. The number of nitro benzene ring substituents is 1. The first kappa shape index (κ1) is 19.1. The van der Waals surface area contributed by atoms with E-state index in [0.29, 0.717) is 6.42 Å². The summed E-state index contributed by atoms with van der Waals surface area (Å²) in [4.78, 5) is 34.5. The number of benzene rings is 2. The van der Waals surface area contributed by atoms with Gasteiger partial charge in [-0.3, -0.25) is 10.1 Å². The molecule has 0 radical (unpaired) electrons. The number of hydrogen-bond donors (Lipinski definition) is 0. The van der Waals surface area contributed by atoms with Crippen molar-refractivity contribution in [1.29, 1.82) is 0 Å². The van der Waals surface area contributed by atoms with Gasteiger partial charge in [0.25, 0.3) is 5.69 Å². The van der Waals surface area contributed by atoms with Crippen molar-refractivity contribution in [3.63, 3.8) is 0 Å². The Bertz CT molecular complexity index is 757. The molecule has 2 rings (SSSR count). The van der Waals surface area contributed by atoms with Gasteiger partial charge in [0, 0.05) is 12.1 Å². The van der Waals surface area contributed by atoms with E-state index >= 15 is 0 Å². The van der Waals surface area contributed by atoms with Gasteiger partial charge in [-0.05, 0) is 37.5 Å². The van der Waals surface area contributed by atoms with Crippen LogP contribution < -0.4 is 0 Å². The predicted octanol–water partition coefficient (Wildman–Crippen LogP) is 3.32. The highest BCUT2D eigenvalue weighted by Gasteiger charge is 2.25. The Morgan fingerprint density at radius 2 is 1.73 bits per heavy atom. The third kappa shape index (κ3) is 5.41. The highest BCUT2D eigenvalue weighted by atomic mass is 16.6. The standard InChI is InChI=1S/C19H19NO6/c1-2-25-19(22)17(13-8-14-6-4-3-5-7-14)26-18(21)15-9-11-16(12-10-15)20(23)24/h3-7,9-12,17H,2,8,13H2,1H3. The molecule has 2 aromatic rings. The molecule has 0 saturated heterocycles. The van der Waals surface area contributed by atoms with Crippen LogP contribution in [0.5, 0.6) is 0 Å². The van der Waals surface area contributed by atoms with Gasteiger partial charge in [-0.15, -0.1) is 0 Å². The van der Waals surface area contributed by atoms with Gasteiger partial charge in [-0.1, -0.05) is 30.3 Å². The second-order valence-electron chi connectivity index (χ2n) is 5.47. The van der Waals surface area contributed by atoms with Crippen LogP contribution in [0.15, 0.2) is 54.6 Å². The molecule has 0 N–H and O–H groups in total. The minimum Gasteiger partial charge on any atom is -0.463 e. The van der Waals surface area contributed by atoms with Gasteiger partial charge in [0.1, 0.15) is 0 Å². The van der Waals surface area contributed by atoms with E-state index in [1.54, 1.807) is 6.92 Å². The van der Waals surface area contributed by atoms with Gasteiger partial charge < -0.3 is 9.47 Å². The normalized spacial score (nSPS) is 11.4. The summed E-state index contributed by atoms with van der Waals surface area (Å²) in [6.45, 7) is 1.85. The number of non-ortho nitro benzene ring substituents is 1. The summed E-state index contributed by atoms with van der Waals surface area (Å²) in [5.41, 5.74) is 1.00. The predicted molar refractivity (Wildman–Crippen MR) is 93.7 cm³/mol. The molecular weight excluding hydrogens is 338 g/mol. The molecule has 7 nitrogen and oxygen atoms in total. The Hall–Kier alpha value is -3.22. The molecule has 1 unspecified atom stereocenters. The molecule has 0 aromatic heterocycles. The number of hydrogen-bond acceptors (Lipinski definition) is 6. The third-order valence-electron chi connectivity index (χ3n) is 3.65. The Morgan fingerprint density at radius 3 is 2.31 bits per heavy atom. The van der Waals surface area contributed by atoms with Crippen molar-refractivity contribution in [2.75, 3.05) is 6.61 Å². The molecule has 0 heterocycles. The summed E-state index contributed by atoms with van der Waals surface area (Å²) in [5, 5.41) is 10.7. The van der Waals surface area contributed by atoms with E-state index in [4.69, 9.17) is 9.47 Å². The SMILES string of the molecule is CCOC(=O)C(CCc1ccccc1)OC(=O)c1ccc([N+](=O)[O-])cc1. The smallest absolute Gasteiger partial charge is 0.347 e. The maximum absolute atomic E-state index is 12.3. The number of esters is 2. The summed E-state index contributed by atoms with van der Waals surface area (Å²) >= 11 is 0. The minimum atomic E-state index is -1.04. The third-order valence-corrected chi connectivity index (χ3v) is 3.65. The van der Waals surface area contributed by atoms with Gasteiger partial charge in [0.2, 0.25) is 0 Å². The fourth-order valence-corrected chi connectivity index (χ4v) is 2.32. The number of carbonyl (C=O) groups excluding carboxylic acids is 2. The van der Waals surface area contributed by atoms with E-state index < -0.39 is 23.0 Å². The molecule has 136 valence electrons. The van der Waals surface area contributed by atoms with Crippen molar-refractivity contribution < 1.29 is 24.0 Å². The van der Waals surface area contributed by atoms with E-state index in [0.717, 1.165) is 5.56 Å². The molecule has 0 spiro atoms. The first-order chi connectivity index (χ1) is 12.5. The Labute approximate surface area is 150 Å². The summed E-state index contributed by atoms with van der Waals surface area (Å²) in [5.74, 6) is -1.34. The number of ether oxygens (including phenoxy) is 2. The lowest BCUT2D eigenvalue weighted by Gasteiger charge is -2.16. The highest BCUT2D eigenvalue weighted by molar-refractivity contribution is 5.91. The molecule has 0 fully saturated rings. The van der Waals surface area contributed by atoms with Crippen molar-refractivity contribution >= 4 is 17.6 Å². The number of nitro groups is 1. The van der Waals surface area contributed by atoms with Crippen LogP contribution >= 0.6 is 0 Å². The van der Waals surface area contributed by atoms with Gasteiger partial charge in [0.15, 0.2) is 6.10 Å². The van der Waals surface area contributed by atoms with E-state index in [1.807, 2.05) is 30.3 Å². The molecular formula is C19H19NO6. The lowest BCUT2D eigenvalue weighted by atomic mass is 10.1. The van der Waals surface area contributed by atoms with Crippen LogP contribution in [0.1, 0.15) is 29.3 Å². The zero-order valence-corrected chi connectivity index (χ0v) is 14.3. The minimum absolute atomic E-state index is 0.129. The van der Waals surface area contributed by atoms with Gasteiger partial charge in [-0.2, -0.15) is 0 Å². The molecule has 1 atom stereocenters. The van der Waals surface area contributed by atoms with Crippen molar-refractivity contribution in [1.82, 2.24) is 0 Å². The summed E-state index contributed by atoms with van der Waals surface area (Å²) in [6.07, 6.45) is -0.225. The van der Waals surface area contributed by atoms with E-state index in [1.165, 1.54) is 24.3 Å². The van der Waals surface area contributed by atoms with Gasteiger partial charge >= 0.3 is 11.9 Å². The Morgan fingerprint density at radius 1 is 1.08 bits per heavy atom. The van der Waals surface area contributed by atoms with Crippen LogP contribution in [-0.2, 0) is 20.7 Å². The van der Waals surface area contributed by atoms with Crippen LogP contribution in [0.25, 0.3) is 0 Å². The molecule has 0 aliphatic carbocycles. The molecule has 0 aliphatic rings. The fraction of sp³-hybridized carbons (Fsp3) is 0.263. The van der Waals surface area contributed by atoms with E-state index in [2.05, 4.69) is 0 Å². The monoisotopic (exact) mass is 357 g/mol. The topological polar surface area (TPSA) is 95.7 Å². The quantitative estimate of drug-likeness (QED) is 0.408. The van der Waals surface area contributed by atoms with Crippen LogP contribution in [0.3, 0.4) is 0 Å². The fourth-order valence-electron chi connectivity index (χ4n) is 2.32. The van der Waals surface area contributed by atoms with Crippen LogP contribution in [0.2, 0.25) is 0 Å². The average Bonchev–Trinajstić information content (AvgIpc) is 2.66. The number of aryl methyl sites for hydroxylation is 1. The maximum Gasteiger partial charge on any atom is 0.347 e. The molecule has 0 bridgehead atoms. The van der Waals surface area contributed by atoms with Crippen molar-refractivity contribution in [2.24, 2.45) is 0 Å². The first-order valence-corrected chi connectivity index (χ1v) is 8.17. The lowest BCUT2D eigenvalue weighted by Crippen LogP contribution is -2.30. The summed E-state index contributed by atoms with van der Waals surface area (Å²) in [6, 6.07) is 14.5. The average molecular weight is 357 g/mol. The molecule has 7 heteroatoms. The second-order valence-corrected chi connectivity index (χ2v) is 5.47. The van der Waals surface area contributed by atoms with E-state index in [-0.39, 0.29) is 24.3 Å². The molecule has 26 heavy (non-hydrogen) atoms. The van der Waals surface area contributed by atoms with Crippen LogP contribution in [-0.4, -0.2) is 29.6 Å². The highest BCUT2D eigenvalue weighted by Crippen LogP contribution is 2.15. The van der Waals surface area contributed by atoms with Crippen molar-refractivity contribution in [2.45, 2.75) is 25.9 Å². The van der Waals surface area contributed by atoms with Crippen LogP contribution in [0.4, 0.5) is 5.69 Å². The number of rotatable bonds is 8. The van der Waals surface area contributed by atoms with Gasteiger partial charge in [-0.25, -0.2) is 9.59 Å². The molecule has 0 amide bonds. The van der Waals surface area contributed by atoms with Crippen LogP contribution in [0, 0.1) is 10.1 Å².